The van der Waals surface area contributed by atoms with Gasteiger partial charge in [0.1, 0.15) is 5.75 Å². The van der Waals surface area contributed by atoms with Crippen molar-refractivity contribution in [3.05, 3.63) is 72.4 Å². The first-order valence-corrected chi connectivity index (χ1v) is 7.90. The van der Waals surface area contributed by atoms with Crippen LogP contribution in [0.2, 0.25) is 0 Å². The van der Waals surface area contributed by atoms with Crippen molar-refractivity contribution in [3.63, 3.8) is 0 Å². The fourth-order valence-corrected chi connectivity index (χ4v) is 2.26. The second-order valence-electron chi connectivity index (χ2n) is 5.49. The molecule has 0 unspecified atom stereocenters. The molecule has 0 saturated heterocycles. The van der Waals surface area contributed by atoms with E-state index in [1.807, 2.05) is 6.07 Å². The summed E-state index contributed by atoms with van der Waals surface area (Å²) in [7, 11) is 0. The summed E-state index contributed by atoms with van der Waals surface area (Å²) in [5.41, 5.74) is -0.251. The van der Waals surface area contributed by atoms with Crippen molar-refractivity contribution in [2.24, 2.45) is 0 Å². The molecule has 8 heteroatoms. The summed E-state index contributed by atoms with van der Waals surface area (Å²) in [6.07, 6.45) is -3.09. The number of hydrogen-bond acceptors (Lipinski definition) is 4. The van der Waals surface area contributed by atoms with Crippen LogP contribution in [0.1, 0.15) is 5.56 Å². The first-order chi connectivity index (χ1) is 12.9. The molecule has 1 amide bonds. The van der Waals surface area contributed by atoms with Gasteiger partial charge in [-0.1, -0.05) is 30.3 Å². The van der Waals surface area contributed by atoms with Gasteiger partial charge in [0.2, 0.25) is 5.95 Å². The highest BCUT2D eigenvalue weighted by atomic mass is 19.4. The normalized spacial score (nSPS) is 11.1. The van der Waals surface area contributed by atoms with E-state index in [2.05, 4.69) is 15.3 Å². The monoisotopic (exact) mass is 373 g/mol. The Morgan fingerprint density at radius 3 is 2.56 bits per heavy atom. The van der Waals surface area contributed by atoms with Gasteiger partial charge in [0, 0.05) is 11.8 Å². The SMILES string of the molecule is O=C(COc1ccccc1)Nc1nccc(-c2cccc(C(F)(F)F)c2)n1. The fourth-order valence-electron chi connectivity index (χ4n) is 2.26. The maximum Gasteiger partial charge on any atom is 0.416 e. The highest BCUT2D eigenvalue weighted by Gasteiger charge is 2.30. The average Bonchev–Trinajstić information content (AvgIpc) is 2.67. The van der Waals surface area contributed by atoms with Crippen molar-refractivity contribution < 1.29 is 22.7 Å². The Bertz CT molecular complexity index is 931. The van der Waals surface area contributed by atoms with E-state index in [-0.39, 0.29) is 23.8 Å². The van der Waals surface area contributed by atoms with Crippen LogP contribution in [0.3, 0.4) is 0 Å². The van der Waals surface area contributed by atoms with Crippen molar-refractivity contribution in [2.45, 2.75) is 6.18 Å². The minimum absolute atomic E-state index is 0.0217. The van der Waals surface area contributed by atoms with Gasteiger partial charge in [-0.15, -0.1) is 0 Å². The predicted octanol–water partition coefficient (Wildman–Crippen LogP) is 4.18. The molecule has 0 bridgehead atoms. The largest absolute Gasteiger partial charge is 0.484 e. The number of rotatable bonds is 5. The van der Waals surface area contributed by atoms with E-state index < -0.39 is 17.6 Å². The number of carbonyl (C=O) groups is 1. The zero-order chi connectivity index (χ0) is 19.3. The van der Waals surface area contributed by atoms with Crippen LogP contribution in [-0.2, 0) is 11.0 Å². The number of alkyl halides is 3. The second-order valence-corrected chi connectivity index (χ2v) is 5.49. The van der Waals surface area contributed by atoms with E-state index >= 15 is 0 Å². The molecule has 0 radical (unpaired) electrons. The molecule has 2 aromatic carbocycles. The Kier molecular flexibility index (Phi) is 5.35. The number of para-hydroxylation sites is 1. The van der Waals surface area contributed by atoms with Crippen LogP contribution < -0.4 is 10.1 Å². The van der Waals surface area contributed by atoms with Gasteiger partial charge in [0.15, 0.2) is 6.61 Å². The molecule has 0 atom stereocenters. The molecule has 0 aliphatic carbocycles. The number of nitrogens with zero attached hydrogens (tertiary/aromatic N) is 2. The van der Waals surface area contributed by atoms with Gasteiger partial charge >= 0.3 is 6.18 Å². The lowest BCUT2D eigenvalue weighted by Crippen LogP contribution is -2.21. The maximum atomic E-state index is 12.9. The van der Waals surface area contributed by atoms with Gasteiger partial charge in [0.25, 0.3) is 5.91 Å². The van der Waals surface area contributed by atoms with Crippen LogP contribution in [-0.4, -0.2) is 22.5 Å². The molecule has 1 aromatic heterocycles. The van der Waals surface area contributed by atoms with Gasteiger partial charge in [0.05, 0.1) is 11.3 Å². The number of aromatic nitrogens is 2. The topological polar surface area (TPSA) is 64.1 Å². The zero-order valence-corrected chi connectivity index (χ0v) is 13.9. The van der Waals surface area contributed by atoms with Crippen LogP contribution in [0.25, 0.3) is 11.3 Å². The van der Waals surface area contributed by atoms with Crippen LogP contribution in [0.15, 0.2) is 66.9 Å². The summed E-state index contributed by atoms with van der Waals surface area (Å²) in [5.74, 6) is 0.0258. The number of halogens is 3. The Labute approximate surface area is 152 Å². The zero-order valence-electron chi connectivity index (χ0n) is 13.9. The third kappa shape index (κ3) is 5.04. The van der Waals surface area contributed by atoms with Gasteiger partial charge in [-0.3, -0.25) is 10.1 Å². The molecule has 27 heavy (non-hydrogen) atoms. The van der Waals surface area contributed by atoms with E-state index in [4.69, 9.17) is 4.74 Å². The van der Waals surface area contributed by atoms with Crippen molar-refractivity contribution in [1.29, 1.82) is 0 Å². The Morgan fingerprint density at radius 2 is 1.81 bits per heavy atom. The summed E-state index contributed by atoms with van der Waals surface area (Å²) < 4.78 is 43.9. The second kappa shape index (κ2) is 7.86. The Morgan fingerprint density at radius 1 is 1.04 bits per heavy atom. The summed E-state index contributed by atoms with van der Waals surface area (Å²) in [6, 6.07) is 15.0. The molecule has 138 valence electrons. The number of ether oxygens (including phenoxy) is 1. The van der Waals surface area contributed by atoms with E-state index in [1.165, 1.54) is 24.4 Å². The van der Waals surface area contributed by atoms with Gasteiger partial charge in [-0.25, -0.2) is 9.97 Å². The molecule has 0 spiro atoms. The highest BCUT2D eigenvalue weighted by Crippen LogP contribution is 2.31. The standard InChI is InChI=1S/C19H14F3N3O2/c20-19(21,22)14-6-4-5-13(11-14)16-9-10-23-18(24-16)25-17(26)12-27-15-7-2-1-3-8-15/h1-11H,12H2,(H,23,24,25,26). The van der Waals surface area contributed by atoms with Crippen LogP contribution in [0.5, 0.6) is 5.75 Å². The molecule has 0 saturated carbocycles. The van der Waals surface area contributed by atoms with Crippen molar-refractivity contribution in [1.82, 2.24) is 9.97 Å². The molecule has 3 rings (SSSR count). The Balaban J connectivity index is 1.69. The van der Waals surface area contributed by atoms with Gasteiger partial charge in [-0.2, -0.15) is 13.2 Å². The molecule has 0 aliphatic heterocycles. The summed E-state index contributed by atoms with van der Waals surface area (Å²) in [4.78, 5) is 20.0. The summed E-state index contributed by atoms with van der Waals surface area (Å²) in [5, 5.41) is 2.46. The number of benzene rings is 2. The average molecular weight is 373 g/mol. The van der Waals surface area contributed by atoms with Crippen molar-refractivity contribution >= 4 is 11.9 Å². The van der Waals surface area contributed by atoms with Crippen LogP contribution >= 0.6 is 0 Å². The Hall–Kier alpha value is -3.42. The quantitative estimate of drug-likeness (QED) is 0.729. The highest BCUT2D eigenvalue weighted by molar-refractivity contribution is 5.90. The van der Waals surface area contributed by atoms with E-state index in [0.29, 0.717) is 5.75 Å². The number of amides is 1. The number of nitrogens with one attached hydrogen (secondary N) is 1. The molecule has 0 aliphatic rings. The minimum Gasteiger partial charge on any atom is -0.484 e. The van der Waals surface area contributed by atoms with Crippen molar-refractivity contribution in [3.8, 4) is 17.0 Å². The van der Waals surface area contributed by atoms with Gasteiger partial charge < -0.3 is 4.74 Å². The van der Waals surface area contributed by atoms with Gasteiger partial charge in [-0.05, 0) is 30.3 Å². The number of anilines is 1. The molecule has 5 nitrogen and oxygen atoms in total. The maximum absolute atomic E-state index is 12.9. The molecule has 0 fully saturated rings. The summed E-state index contributed by atoms with van der Waals surface area (Å²) >= 11 is 0. The molecule has 3 aromatic rings. The number of carbonyl (C=O) groups excluding carboxylic acids is 1. The fraction of sp³-hybridized carbons (Fsp3) is 0.105. The predicted molar refractivity (Wildman–Crippen MR) is 93.0 cm³/mol. The lowest BCUT2D eigenvalue weighted by atomic mass is 10.1. The summed E-state index contributed by atoms with van der Waals surface area (Å²) in [6.45, 7) is -0.249. The molecule has 1 N–H and O–H groups in total. The third-order valence-electron chi connectivity index (χ3n) is 3.51. The smallest absolute Gasteiger partial charge is 0.416 e. The molecule has 1 heterocycles. The lowest BCUT2D eigenvalue weighted by molar-refractivity contribution is -0.137. The molecular weight excluding hydrogens is 359 g/mol. The third-order valence-corrected chi connectivity index (χ3v) is 3.51. The first kappa shape index (κ1) is 18.4. The number of hydrogen-bond donors (Lipinski definition) is 1. The first-order valence-electron chi connectivity index (χ1n) is 7.90. The van der Waals surface area contributed by atoms with E-state index in [1.54, 1.807) is 24.3 Å². The minimum atomic E-state index is -4.45. The van der Waals surface area contributed by atoms with E-state index in [0.717, 1.165) is 12.1 Å². The lowest BCUT2D eigenvalue weighted by Gasteiger charge is -2.09. The van der Waals surface area contributed by atoms with Crippen molar-refractivity contribution in [2.75, 3.05) is 11.9 Å². The van der Waals surface area contributed by atoms with Crippen LogP contribution in [0.4, 0.5) is 19.1 Å². The van der Waals surface area contributed by atoms with Crippen LogP contribution in [0, 0.1) is 0 Å². The van der Waals surface area contributed by atoms with E-state index in [9.17, 15) is 18.0 Å². The molecular formula is C19H14F3N3O2.